The van der Waals surface area contributed by atoms with Crippen molar-refractivity contribution in [2.24, 2.45) is 5.92 Å². The van der Waals surface area contributed by atoms with E-state index >= 15 is 0 Å². The maximum absolute atomic E-state index is 10.9. The first-order chi connectivity index (χ1) is 16.7. The maximum Gasteiger partial charge on any atom is 0.341 e. The lowest BCUT2D eigenvalue weighted by Gasteiger charge is -2.26. The number of carboxylic acid groups (broad SMARTS) is 1. The monoisotopic (exact) mass is 452 g/mol. The normalized spacial score (nSPS) is 15.1. The molecule has 0 aliphatic heterocycles. The molecule has 34 heavy (non-hydrogen) atoms. The molecule has 0 bridgehead atoms. The Labute approximate surface area is 199 Å². The number of rotatable bonds is 8. The molecule has 0 fully saturated rings. The molecule has 0 saturated carbocycles. The molecule has 1 N–H and O–H groups in total. The number of benzene rings is 3. The first kappa shape index (κ1) is 22.0. The van der Waals surface area contributed by atoms with Gasteiger partial charge in [-0.2, -0.15) is 0 Å². The molecule has 1 heterocycles. The lowest BCUT2D eigenvalue weighted by atomic mass is 9.83. The van der Waals surface area contributed by atoms with Crippen LogP contribution in [0.3, 0.4) is 0 Å². The quantitative estimate of drug-likeness (QED) is 0.392. The largest absolute Gasteiger partial charge is 0.482 e. The number of nitrogens with zero attached hydrogens (tertiary/aromatic N) is 2. The van der Waals surface area contributed by atoms with Gasteiger partial charge in [0.25, 0.3) is 0 Å². The van der Waals surface area contributed by atoms with Crippen molar-refractivity contribution in [1.29, 1.82) is 0 Å². The summed E-state index contributed by atoms with van der Waals surface area (Å²) in [6.45, 7) is 0.602. The molecule has 0 amide bonds. The number of fused-ring (bicyclic) bond motifs is 1. The Morgan fingerprint density at radius 2 is 1.71 bits per heavy atom. The fraction of sp³-hybridized carbons (Fsp3) is 0.241. The van der Waals surface area contributed by atoms with Crippen LogP contribution in [0, 0.1) is 5.92 Å². The summed E-state index contributed by atoms with van der Waals surface area (Å²) in [5, 5.41) is 8.94. The smallest absolute Gasteiger partial charge is 0.341 e. The van der Waals surface area contributed by atoms with Crippen LogP contribution >= 0.6 is 0 Å². The Hall–Kier alpha value is -3.86. The van der Waals surface area contributed by atoms with E-state index in [2.05, 4.69) is 65.4 Å². The van der Waals surface area contributed by atoms with Crippen LogP contribution in [0.15, 0.2) is 91.4 Å². The third-order valence-electron chi connectivity index (χ3n) is 6.58. The van der Waals surface area contributed by atoms with E-state index in [0.717, 1.165) is 37.1 Å². The molecule has 1 aliphatic carbocycles. The summed E-state index contributed by atoms with van der Waals surface area (Å²) in [5.74, 6) is 0.351. The summed E-state index contributed by atoms with van der Waals surface area (Å²) in [5.41, 5.74) is 5.93. The van der Waals surface area contributed by atoms with E-state index in [0.29, 0.717) is 11.7 Å². The van der Waals surface area contributed by atoms with Crippen molar-refractivity contribution in [1.82, 2.24) is 9.55 Å². The molecule has 1 aliphatic rings. The molecule has 0 radical (unpaired) electrons. The Balaban J connectivity index is 1.33. The fourth-order valence-electron chi connectivity index (χ4n) is 5.03. The summed E-state index contributed by atoms with van der Waals surface area (Å²) in [4.78, 5) is 15.7. The zero-order chi connectivity index (χ0) is 23.3. The van der Waals surface area contributed by atoms with E-state index in [1.165, 1.54) is 16.7 Å². The third kappa shape index (κ3) is 4.88. The minimum Gasteiger partial charge on any atom is -0.482 e. The van der Waals surface area contributed by atoms with Crippen molar-refractivity contribution in [3.05, 3.63) is 119 Å². The number of hydrogen-bond acceptors (Lipinski definition) is 3. The van der Waals surface area contributed by atoms with Gasteiger partial charge in [-0.1, -0.05) is 72.8 Å². The zero-order valence-corrected chi connectivity index (χ0v) is 19.0. The molecule has 0 saturated heterocycles. The average Bonchev–Trinajstić information content (AvgIpc) is 3.31. The Morgan fingerprint density at radius 3 is 2.38 bits per heavy atom. The predicted octanol–water partition coefficient (Wildman–Crippen LogP) is 5.33. The summed E-state index contributed by atoms with van der Waals surface area (Å²) in [7, 11) is 0. The SMILES string of the molecule is O=C(O)COc1cccc2c1CCC(Cn1cnc(C(c3ccccc3)c3ccccc3)c1)C2. The third-order valence-corrected chi connectivity index (χ3v) is 6.58. The van der Waals surface area contributed by atoms with Gasteiger partial charge in [0.05, 0.1) is 17.9 Å². The second kappa shape index (κ2) is 9.96. The highest BCUT2D eigenvalue weighted by atomic mass is 16.5. The highest BCUT2D eigenvalue weighted by molar-refractivity contribution is 5.68. The molecule has 0 spiro atoms. The number of imidazole rings is 1. The molecule has 5 rings (SSSR count). The van der Waals surface area contributed by atoms with Crippen LogP contribution in [0.1, 0.15) is 40.3 Å². The molecule has 1 atom stereocenters. The van der Waals surface area contributed by atoms with Crippen LogP contribution in [0.5, 0.6) is 5.75 Å². The van der Waals surface area contributed by atoms with Gasteiger partial charge in [0.15, 0.2) is 6.61 Å². The van der Waals surface area contributed by atoms with Crippen molar-refractivity contribution < 1.29 is 14.6 Å². The Kier molecular flexibility index (Phi) is 6.43. The lowest BCUT2D eigenvalue weighted by molar-refractivity contribution is -0.139. The highest BCUT2D eigenvalue weighted by Crippen LogP contribution is 2.34. The van der Waals surface area contributed by atoms with Gasteiger partial charge < -0.3 is 14.4 Å². The maximum atomic E-state index is 10.9. The van der Waals surface area contributed by atoms with Gasteiger partial charge in [0.1, 0.15) is 5.75 Å². The first-order valence-corrected chi connectivity index (χ1v) is 11.7. The topological polar surface area (TPSA) is 64.3 Å². The number of aromatic nitrogens is 2. The van der Waals surface area contributed by atoms with E-state index in [-0.39, 0.29) is 12.5 Å². The molecular formula is C29H28N2O3. The molecule has 172 valence electrons. The van der Waals surface area contributed by atoms with Crippen molar-refractivity contribution in [2.45, 2.75) is 31.7 Å². The van der Waals surface area contributed by atoms with E-state index in [9.17, 15) is 4.79 Å². The van der Waals surface area contributed by atoms with Crippen LogP contribution in [-0.2, 0) is 24.2 Å². The number of carboxylic acids is 1. The van der Waals surface area contributed by atoms with E-state index in [1.54, 1.807) is 0 Å². The standard InChI is InChI=1S/C29H28N2O3/c32-28(33)19-34-27-13-7-12-24-16-21(14-15-25(24)27)17-31-18-26(30-20-31)29(22-8-3-1-4-9-22)23-10-5-2-6-11-23/h1-13,18,20-21,29H,14-17,19H2,(H,32,33). The van der Waals surface area contributed by atoms with Crippen molar-refractivity contribution in [2.75, 3.05) is 6.61 Å². The van der Waals surface area contributed by atoms with Gasteiger partial charge in [-0.25, -0.2) is 9.78 Å². The molecule has 1 aromatic heterocycles. The van der Waals surface area contributed by atoms with Crippen LogP contribution < -0.4 is 4.74 Å². The molecule has 4 aromatic rings. The zero-order valence-electron chi connectivity index (χ0n) is 19.0. The van der Waals surface area contributed by atoms with Gasteiger partial charge >= 0.3 is 5.97 Å². The summed E-state index contributed by atoms with van der Waals surface area (Å²) in [6, 6.07) is 27.0. The summed E-state index contributed by atoms with van der Waals surface area (Å²) < 4.78 is 7.74. The second-order valence-corrected chi connectivity index (χ2v) is 8.93. The molecule has 5 nitrogen and oxygen atoms in total. The first-order valence-electron chi connectivity index (χ1n) is 11.7. The van der Waals surface area contributed by atoms with Crippen molar-refractivity contribution in [3.63, 3.8) is 0 Å². The minimum absolute atomic E-state index is 0.102. The predicted molar refractivity (Wildman–Crippen MR) is 131 cm³/mol. The number of aliphatic carboxylic acids is 1. The number of carbonyl (C=O) groups is 1. The van der Waals surface area contributed by atoms with Gasteiger partial charge in [-0.05, 0) is 53.5 Å². The van der Waals surface area contributed by atoms with Crippen LogP contribution in [0.25, 0.3) is 0 Å². The van der Waals surface area contributed by atoms with Crippen molar-refractivity contribution >= 4 is 5.97 Å². The Bertz CT molecular complexity index is 1210. The summed E-state index contributed by atoms with van der Waals surface area (Å²) >= 11 is 0. The van der Waals surface area contributed by atoms with Crippen molar-refractivity contribution in [3.8, 4) is 5.75 Å². The number of hydrogen-bond donors (Lipinski definition) is 1. The van der Waals surface area contributed by atoms with Crippen LogP contribution in [0.2, 0.25) is 0 Å². The van der Waals surface area contributed by atoms with Gasteiger partial charge in [-0.3, -0.25) is 0 Å². The van der Waals surface area contributed by atoms with Gasteiger partial charge in [0, 0.05) is 12.7 Å². The van der Waals surface area contributed by atoms with Gasteiger partial charge in [0.2, 0.25) is 0 Å². The minimum atomic E-state index is -0.952. The number of ether oxygens (including phenoxy) is 1. The fourth-order valence-corrected chi connectivity index (χ4v) is 5.03. The molecule has 1 unspecified atom stereocenters. The Morgan fingerprint density at radius 1 is 1.00 bits per heavy atom. The average molecular weight is 453 g/mol. The van der Waals surface area contributed by atoms with E-state index in [4.69, 9.17) is 14.8 Å². The van der Waals surface area contributed by atoms with Gasteiger partial charge in [-0.15, -0.1) is 0 Å². The van der Waals surface area contributed by atoms with E-state index < -0.39 is 5.97 Å². The summed E-state index contributed by atoms with van der Waals surface area (Å²) in [6.07, 6.45) is 7.03. The lowest BCUT2D eigenvalue weighted by Crippen LogP contribution is -2.20. The second-order valence-electron chi connectivity index (χ2n) is 8.93. The molecule has 3 aromatic carbocycles. The van der Waals surface area contributed by atoms with Crippen LogP contribution in [-0.4, -0.2) is 27.2 Å². The molecule has 5 heteroatoms. The highest BCUT2D eigenvalue weighted by Gasteiger charge is 2.23. The van der Waals surface area contributed by atoms with Crippen LogP contribution in [0.4, 0.5) is 0 Å². The van der Waals surface area contributed by atoms with E-state index in [1.807, 2.05) is 30.6 Å². The molecular weight excluding hydrogens is 424 g/mol.